The van der Waals surface area contributed by atoms with Crippen LogP contribution in [-0.2, 0) is 4.79 Å². The number of benzene rings is 1. The van der Waals surface area contributed by atoms with Crippen LogP contribution in [0.4, 0.5) is 5.69 Å². The summed E-state index contributed by atoms with van der Waals surface area (Å²) < 4.78 is 0. The molecule has 0 radical (unpaired) electrons. The summed E-state index contributed by atoms with van der Waals surface area (Å²) in [6.45, 7) is 5.24. The van der Waals surface area contributed by atoms with E-state index in [0.717, 1.165) is 17.8 Å². The number of nitrogens with one attached hydrogen (secondary N) is 3. The largest absolute Gasteiger partial charge is 0.385 e. The van der Waals surface area contributed by atoms with Crippen LogP contribution in [0.1, 0.15) is 29.3 Å². The molecule has 1 aliphatic rings. The first-order valence-electron chi connectivity index (χ1n) is 6.52. The third kappa shape index (κ3) is 3.24. The monoisotopic (exact) mass is 261 g/mol. The number of amides is 2. The van der Waals surface area contributed by atoms with E-state index in [1.54, 1.807) is 0 Å². The molecule has 0 spiro atoms. The van der Waals surface area contributed by atoms with Gasteiger partial charge in [-0.15, -0.1) is 0 Å². The van der Waals surface area contributed by atoms with E-state index in [4.69, 9.17) is 0 Å². The summed E-state index contributed by atoms with van der Waals surface area (Å²) in [5.74, 6) is -0.154. The van der Waals surface area contributed by atoms with Gasteiger partial charge < -0.3 is 16.0 Å². The zero-order valence-corrected chi connectivity index (χ0v) is 11.2. The van der Waals surface area contributed by atoms with E-state index in [0.29, 0.717) is 18.5 Å². The Hall–Kier alpha value is -2.04. The van der Waals surface area contributed by atoms with Gasteiger partial charge in [0.25, 0.3) is 5.91 Å². The Bertz CT molecular complexity index is 499. The molecule has 2 amide bonds. The topological polar surface area (TPSA) is 70.2 Å². The lowest BCUT2D eigenvalue weighted by molar-refractivity contribution is -0.119. The number of carbonyl (C=O) groups excluding carboxylic acids is 2. The van der Waals surface area contributed by atoms with Crippen molar-refractivity contribution in [3.05, 3.63) is 29.3 Å². The average molecular weight is 261 g/mol. The molecule has 102 valence electrons. The maximum Gasteiger partial charge on any atom is 0.253 e. The maximum absolute atomic E-state index is 12.2. The molecule has 1 unspecified atom stereocenters. The summed E-state index contributed by atoms with van der Waals surface area (Å²) >= 11 is 0. The molecule has 0 saturated carbocycles. The van der Waals surface area contributed by atoms with E-state index in [1.807, 2.05) is 32.0 Å². The van der Waals surface area contributed by atoms with Crippen molar-refractivity contribution < 1.29 is 9.59 Å². The predicted octanol–water partition coefficient (Wildman–Crippen LogP) is 1.05. The van der Waals surface area contributed by atoms with Crippen LogP contribution in [0, 0.1) is 6.92 Å². The van der Waals surface area contributed by atoms with Crippen molar-refractivity contribution in [3.63, 3.8) is 0 Å². The first kappa shape index (κ1) is 13.4. The van der Waals surface area contributed by atoms with Crippen LogP contribution < -0.4 is 16.0 Å². The molecule has 19 heavy (non-hydrogen) atoms. The Morgan fingerprint density at radius 1 is 1.47 bits per heavy atom. The molecule has 5 heteroatoms. The number of aryl methyl sites for hydroxylation is 1. The summed E-state index contributed by atoms with van der Waals surface area (Å²) in [5, 5.41) is 8.78. The summed E-state index contributed by atoms with van der Waals surface area (Å²) in [5.41, 5.74) is 2.55. The van der Waals surface area contributed by atoms with Gasteiger partial charge in [0.2, 0.25) is 5.91 Å². The Labute approximate surface area is 112 Å². The Morgan fingerprint density at radius 3 is 2.89 bits per heavy atom. The van der Waals surface area contributed by atoms with Crippen LogP contribution in [0.2, 0.25) is 0 Å². The second-order valence-corrected chi connectivity index (χ2v) is 4.76. The molecule has 2 rings (SSSR count). The third-order valence-electron chi connectivity index (χ3n) is 3.10. The second-order valence-electron chi connectivity index (χ2n) is 4.76. The highest BCUT2D eigenvalue weighted by molar-refractivity contribution is 6.00. The quantitative estimate of drug-likeness (QED) is 0.758. The van der Waals surface area contributed by atoms with Gasteiger partial charge in [-0.1, -0.05) is 6.07 Å². The first-order valence-corrected chi connectivity index (χ1v) is 6.52. The van der Waals surface area contributed by atoms with Crippen molar-refractivity contribution in [2.24, 2.45) is 0 Å². The van der Waals surface area contributed by atoms with Gasteiger partial charge in [-0.05, 0) is 31.5 Å². The number of hydrogen-bond donors (Lipinski definition) is 3. The molecule has 1 atom stereocenters. The Kier molecular flexibility index (Phi) is 4.04. The molecule has 0 aliphatic carbocycles. The van der Waals surface area contributed by atoms with E-state index < -0.39 is 0 Å². The van der Waals surface area contributed by atoms with Gasteiger partial charge in [-0.2, -0.15) is 0 Å². The van der Waals surface area contributed by atoms with Crippen LogP contribution >= 0.6 is 0 Å². The number of hydrogen-bond acceptors (Lipinski definition) is 3. The normalized spacial score (nSPS) is 18.0. The van der Waals surface area contributed by atoms with Crippen molar-refractivity contribution in [3.8, 4) is 0 Å². The van der Waals surface area contributed by atoms with Crippen molar-refractivity contribution in [2.75, 3.05) is 18.4 Å². The van der Waals surface area contributed by atoms with E-state index in [1.165, 1.54) is 0 Å². The lowest BCUT2D eigenvalue weighted by atomic mass is 10.1. The molecule has 1 fully saturated rings. The minimum absolute atomic E-state index is 0.0129. The fourth-order valence-electron chi connectivity index (χ4n) is 2.16. The highest BCUT2D eigenvalue weighted by Gasteiger charge is 2.24. The molecule has 1 aromatic carbocycles. The SMILES string of the molecule is CCNc1cc(C)ccc1C(=O)NC1CNC(=O)C1. The van der Waals surface area contributed by atoms with Crippen molar-refractivity contribution >= 4 is 17.5 Å². The van der Waals surface area contributed by atoms with E-state index >= 15 is 0 Å². The van der Waals surface area contributed by atoms with Gasteiger partial charge >= 0.3 is 0 Å². The molecule has 3 N–H and O–H groups in total. The highest BCUT2D eigenvalue weighted by Crippen LogP contribution is 2.18. The summed E-state index contributed by atoms with van der Waals surface area (Å²) in [7, 11) is 0. The van der Waals surface area contributed by atoms with E-state index in [-0.39, 0.29) is 17.9 Å². The van der Waals surface area contributed by atoms with Gasteiger partial charge in [0.05, 0.1) is 11.6 Å². The zero-order chi connectivity index (χ0) is 13.8. The van der Waals surface area contributed by atoms with Crippen LogP contribution in [0.15, 0.2) is 18.2 Å². The molecular formula is C14H19N3O2. The number of anilines is 1. The van der Waals surface area contributed by atoms with Crippen LogP contribution in [0.5, 0.6) is 0 Å². The number of rotatable bonds is 4. The average Bonchev–Trinajstić information content (AvgIpc) is 2.75. The van der Waals surface area contributed by atoms with Gasteiger partial charge in [0.15, 0.2) is 0 Å². The molecule has 1 aliphatic heterocycles. The maximum atomic E-state index is 12.2. The first-order chi connectivity index (χ1) is 9.10. The minimum Gasteiger partial charge on any atom is -0.385 e. The fraction of sp³-hybridized carbons (Fsp3) is 0.429. The van der Waals surface area contributed by atoms with E-state index in [2.05, 4.69) is 16.0 Å². The smallest absolute Gasteiger partial charge is 0.253 e. The van der Waals surface area contributed by atoms with Gasteiger partial charge in [-0.25, -0.2) is 0 Å². The lowest BCUT2D eigenvalue weighted by Gasteiger charge is -2.14. The molecule has 1 saturated heterocycles. The Balaban J connectivity index is 2.11. The zero-order valence-electron chi connectivity index (χ0n) is 11.2. The van der Waals surface area contributed by atoms with Crippen LogP contribution in [0.3, 0.4) is 0 Å². The van der Waals surface area contributed by atoms with Crippen molar-refractivity contribution in [1.82, 2.24) is 10.6 Å². The van der Waals surface area contributed by atoms with E-state index in [9.17, 15) is 9.59 Å². The van der Waals surface area contributed by atoms with Crippen molar-refractivity contribution in [2.45, 2.75) is 26.3 Å². The van der Waals surface area contributed by atoms with Gasteiger partial charge in [-0.3, -0.25) is 9.59 Å². The highest BCUT2D eigenvalue weighted by atomic mass is 16.2. The fourth-order valence-corrected chi connectivity index (χ4v) is 2.16. The summed E-state index contributed by atoms with van der Waals surface area (Å²) in [4.78, 5) is 23.3. The van der Waals surface area contributed by atoms with Crippen LogP contribution in [0.25, 0.3) is 0 Å². The summed E-state index contributed by atoms with van der Waals surface area (Å²) in [6.07, 6.45) is 0.355. The van der Waals surface area contributed by atoms with Gasteiger partial charge in [0.1, 0.15) is 0 Å². The number of carbonyl (C=O) groups is 2. The van der Waals surface area contributed by atoms with Gasteiger partial charge in [0, 0.05) is 25.2 Å². The predicted molar refractivity (Wildman–Crippen MR) is 74.2 cm³/mol. The molecule has 5 nitrogen and oxygen atoms in total. The third-order valence-corrected chi connectivity index (χ3v) is 3.10. The Morgan fingerprint density at radius 2 is 2.26 bits per heavy atom. The van der Waals surface area contributed by atoms with Crippen molar-refractivity contribution in [1.29, 1.82) is 0 Å². The molecule has 1 heterocycles. The summed E-state index contributed by atoms with van der Waals surface area (Å²) in [6, 6.07) is 5.56. The minimum atomic E-state index is -0.141. The second kappa shape index (κ2) is 5.73. The standard InChI is InChI=1S/C14H19N3O2/c1-3-15-12-6-9(2)4-5-11(12)14(19)17-10-7-13(18)16-8-10/h4-6,10,15H,3,7-8H2,1-2H3,(H,16,18)(H,17,19). The molecular weight excluding hydrogens is 242 g/mol. The lowest BCUT2D eigenvalue weighted by Crippen LogP contribution is -2.36. The molecule has 0 aromatic heterocycles. The molecule has 1 aromatic rings. The molecule has 0 bridgehead atoms. The van der Waals surface area contributed by atoms with Crippen LogP contribution in [-0.4, -0.2) is 30.9 Å².